The molecule has 19 heavy (non-hydrogen) atoms. The predicted octanol–water partition coefficient (Wildman–Crippen LogP) is 0.576. The summed E-state index contributed by atoms with van der Waals surface area (Å²) in [5.41, 5.74) is 0. The van der Waals surface area contributed by atoms with E-state index in [4.69, 9.17) is 0 Å². The third kappa shape index (κ3) is 2.81. The van der Waals surface area contributed by atoms with Crippen LogP contribution in [0, 0.1) is 23.7 Å². The van der Waals surface area contributed by atoms with Gasteiger partial charge in [0, 0.05) is 12.6 Å². The Morgan fingerprint density at radius 1 is 1.32 bits per heavy atom. The van der Waals surface area contributed by atoms with Crippen LogP contribution in [0.25, 0.3) is 0 Å². The molecule has 106 valence electrons. The summed E-state index contributed by atoms with van der Waals surface area (Å²) in [6, 6.07) is 0.0278. The number of carbonyl (C=O) groups excluding carboxylic acids is 1. The zero-order chi connectivity index (χ0) is 14.2. The number of nitrogens with one attached hydrogen (secondary N) is 1. The molecule has 2 N–H and O–H groups in total. The van der Waals surface area contributed by atoms with E-state index in [0.717, 1.165) is 13.0 Å². The molecular formula is C14H22N2O3. The highest BCUT2D eigenvalue weighted by atomic mass is 16.4. The molecule has 0 spiro atoms. The number of nitrogens with zero attached hydrogens (tertiary/aromatic N) is 1. The first-order valence-corrected chi connectivity index (χ1v) is 6.76. The third-order valence-corrected chi connectivity index (χ3v) is 4.07. The van der Waals surface area contributed by atoms with Gasteiger partial charge in [0.15, 0.2) is 0 Å². The van der Waals surface area contributed by atoms with Gasteiger partial charge in [-0.15, -0.1) is 0 Å². The van der Waals surface area contributed by atoms with Crippen LogP contribution in [0.4, 0.5) is 0 Å². The minimum atomic E-state index is -0.850. The summed E-state index contributed by atoms with van der Waals surface area (Å²) in [5, 5.41) is 12.3. The van der Waals surface area contributed by atoms with Crippen LogP contribution < -0.4 is 5.32 Å². The van der Waals surface area contributed by atoms with E-state index in [-0.39, 0.29) is 23.8 Å². The van der Waals surface area contributed by atoms with Gasteiger partial charge in [0.25, 0.3) is 0 Å². The number of amides is 1. The number of carboxylic acids is 1. The van der Waals surface area contributed by atoms with Crippen LogP contribution >= 0.6 is 0 Å². The fourth-order valence-electron chi connectivity index (χ4n) is 3.45. The molecule has 2 rings (SSSR count). The molecule has 0 heterocycles. The Balaban J connectivity index is 2.02. The van der Waals surface area contributed by atoms with Crippen molar-refractivity contribution in [3.8, 4) is 0 Å². The Morgan fingerprint density at radius 2 is 1.89 bits per heavy atom. The van der Waals surface area contributed by atoms with Crippen molar-refractivity contribution in [2.75, 3.05) is 20.6 Å². The van der Waals surface area contributed by atoms with Gasteiger partial charge in [0.2, 0.25) is 5.91 Å². The first kappa shape index (κ1) is 14.1. The molecule has 1 saturated carbocycles. The molecule has 1 fully saturated rings. The van der Waals surface area contributed by atoms with E-state index in [1.54, 1.807) is 0 Å². The molecule has 0 saturated heterocycles. The van der Waals surface area contributed by atoms with Gasteiger partial charge in [0.1, 0.15) is 0 Å². The van der Waals surface area contributed by atoms with Crippen molar-refractivity contribution in [3.63, 3.8) is 0 Å². The maximum absolute atomic E-state index is 12.3. The van der Waals surface area contributed by atoms with E-state index >= 15 is 0 Å². The third-order valence-electron chi connectivity index (χ3n) is 4.07. The lowest BCUT2D eigenvalue weighted by Crippen LogP contribution is -2.46. The van der Waals surface area contributed by atoms with Gasteiger partial charge in [-0.2, -0.15) is 0 Å². The molecule has 5 heteroatoms. The summed E-state index contributed by atoms with van der Waals surface area (Å²) in [7, 11) is 3.89. The smallest absolute Gasteiger partial charge is 0.307 e. The largest absolute Gasteiger partial charge is 0.481 e. The fraction of sp³-hybridized carbons (Fsp3) is 0.714. The number of rotatable bonds is 5. The number of carboxylic acid groups (broad SMARTS) is 1. The Labute approximate surface area is 113 Å². The average Bonchev–Trinajstić information content (AvgIpc) is 2.86. The van der Waals surface area contributed by atoms with E-state index in [0.29, 0.717) is 0 Å². The standard InChI is InChI=1S/C14H22N2O3/c1-8(7-16(2)3)15-13(17)11-9-4-5-10(6-9)12(11)14(18)19/h4-5,8-12H,6-7H2,1-3H3,(H,15,17)(H,18,19)/t8?,9?,10?,11-,12+/m0/s1. The molecule has 3 unspecified atom stereocenters. The quantitative estimate of drug-likeness (QED) is 0.714. The van der Waals surface area contributed by atoms with Gasteiger partial charge in [-0.1, -0.05) is 12.2 Å². The van der Waals surface area contributed by atoms with Crippen LogP contribution in [-0.4, -0.2) is 48.6 Å². The number of carbonyl (C=O) groups is 2. The molecule has 0 aliphatic heterocycles. The van der Waals surface area contributed by atoms with Crippen molar-refractivity contribution in [2.45, 2.75) is 19.4 Å². The van der Waals surface area contributed by atoms with Crippen molar-refractivity contribution in [1.29, 1.82) is 0 Å². The average molecular weight is 266 g/mol. The maximum atomic E-state index is 12.3. The summed E-state index contributed by atoms with van der Waals surface area (Å²) in [5.74, 6) is -1.80. The summed E-state index contributed by atoms with van der Waals surface area (Å²) < 4.78 is 0. The molecule has 5 nitrogen and oxygen atoms in total. The molecule has 2 aliphatic carbocycles. The van der Waals surface area contributed by atoms with E-state index in [9.17, 15) is 14.7 Å². The zero-order valence-electron chi connectivity index (χ0n) is 11.7. The number of hydrogen-bond acceptors (Lipinski definition) is 3. The second-order valence-corrected chi connectivity index (χ2v) is 6.01. The summed E-state index contributed by atoms with van der Waals surface area (Å²) in [6.45, 7) is 2.69. The molecule has 2 aliphatic rings. The minimum absolute atomic E-state index is 0.0278. The highest BCUT2D eigenvalue weighted by molar-refractivity contribution is 5.87. The molecular weight excluding hydrogens is 244 g/mol. The maximum Gasteiger partial charge on any atom is 0.307 e. The SMILES string of the molecule is CC(CN(C)C)NC(=O)[C@H]1C2C=CC(C2)[C@H]1C(=O)O. The van der Waals surface area contributed by atoms with Gasteiger partial charge < -0.3 is 15.3 Å². The van der Waals surface area contributed by atoms with Crippen molar-refractivity contribution >= 4 is 11.9 Å². The number of hydrogen-bond donors (Lipinski definition) is 2. The molecule has 2 bridgehead atoms. The summed E-state index contributed by atoms with van der Waals surface area (Å²) in [4.78, 5) is 25.7. The van der Waals surface area contributed by atoms with Crippen molar-refractivity contribution in [1.82, 2.24) is 10.2 Å². The van der Waals surface area contributed by atoms with Gasteiger partial charge in [-0.25, -0.2) is 0 Å². The number of fused-ring (bicyclic) bond motifs is 2. The molecule has 0 aromatic heterocycles. The van der Waals surface area contributed by atoms with Crippen LogP contribution in [0.3, 0.4) is 0 Å². The summed E-state index contributed by atoms with van der Waals surface area (Å²) in [6.07, 6.45) is 4.76. The normalized spacial score (nSPS) is 33.7. The van der Waals surface area contributed by atoms with E-state index < -0.39 is 17.8 Å². The van der Waals surface area contributed by atoms with Crippen molar-refractivity contribution in [3.05, 3.63) is 12.2 Å². The Morgan fingerprint density at radius 3 is 2.42 bits per heavy atom. The highest BCUT2D eigenvalue weighted by Gasteiger charge is 2.51. The van der Waals surface area contributed by atoms with Crippen LogP contribution in [-0.2, 0) is 9.59 Å². The first-order chi connectivity index (χ1) is 8.90. The highest BCUT2D eigenvalue weighted by Crippen LogP contribution is 2.48. The molecule has 0 aromatic carbocycles. The van der Waals surface area contributed by atoms with Gasteiger partial charge in [-0.05, 0) is 39.3 Å². The molecule has 0 radical (unpaired) electrons. The van der Waals surface area contributed by atoms with Gasteiger partial charge >= 0.3 is 5.97 Å². The zero-order valence-corrected chi connectivity index (χ0v) is 11.7. The monoisotopic (exact) mass is 266 g/mol. The lowest BCUT2D eigenvalue weighted by molar-refractivity contribution is -0.148. The van der Waals surface area contributed by atoms with Crippen LogP contribution in [0.5, 0.6) is 0 Å². The molecule has 0 aromatic rings. The Bertz CT molecular complexity index is 405. The topological polar surface area (TPSA) is 69.6 Å². The van der Waals surface area contributed by atoms with Crippen LogP contribution in [0.15, 0.2) is 12.2 Å². The van der Waals surface area contributed by atoms with Crippen LogP contribution in [0.2, 0.25) is 0 Å². The van der Waals surface area contributed by atoms with Gasteiger partial charge in [-0.3, -0.25) is 9.59 Å². The number of allylic oxidation sites excluding steroid dienone is 2. The van der Waals surface area contributed by atoms with Crippen LogP contribution in [0.1, 0.15) is 13.3 Å². The number of likely N-dealkylation sites (N-methyl/N-ethyl adjacent to an activating group) is 1. The Kier molecular flexibility index (Phi) is 3.94. The summed E-state index contributed by atoms with van der Waals surface area (Å²) >= 11 is 0. The second kappa shape index (κ2) is 5.33. The van der Waals surface area contributed by atoms with Crippen molar-refractivity contribution < 1.29 is 14.7 Å². The first-order valence-electron chi connectivity index (χ1n) is 6.76. The molecule has 5 atom stereocenters. The fourth-order valence-corrected chi connectivity index (χ4v) is 3.45. The van der Waals surface area contributed by atoms with Crippen molar-refractivity contribution in [2.24, 2.45) is 23.7 Å². The minimum Gasteiger partial charge on any atom is -0.481 e. The second-order valence-electron chi connectivity index (χ2n) is 6.01. The van der Waals surface area contributed by atoms with E-state index in [1.165, 1.54) is 0 Å². The van der Waals surface area contributed by atoms with Gasteiger partial charge in [0.05, 0.1) is 11.8 Å². The lowest BCUT2D eigenvalue weighted by Gasteiger charge is -2.26. The number of aliphatic carboxylic acids is 1. The van der Waals surface area contributed by atoms with E-state index in [2.05, 4.69) is 5.32 Å². The van der Waals surface area contributed by atoms with E-state index in [1.807, 2.05) is 38.1 Å². The Hall–Kier alpha value is -1.36. The lowest BCUT2D eigenvalue weighted by atomic mass is 9.82. The predicted molar refractivity (Wildman–Crippen MR) is 71.5 cm³/mol. The molecule has 1 amide bonds.